The number of carbonyl (C=O) groups is 2. The lowest BCUT2D eigenvalue weighted by atomic mass is 9.99. The number of anilines is 1. The zero-order chi connectivity index (χ0) is 24.1. The van der Waals surface area contributed by atoms with Gasteiger partial charge in [-0.2, -0.15) is 0 Å². The number of aryl methyl sites for hydroxylation is 1. The molecule has 1 unspecified atom stereocenters. The number of ether oxygens (including phenoxy) is 1. The second-order valence-electron chi connectivity index (χ2n) is 7.73. The van der Waals surface area contributed by atoms with Crippen molar-refractivity contribution in [1.82, 2.24) is 0 Å². The van der Waals surface area contributed by atoms with Gasteiger partial charge in [0.1, 0.15) is 17.6 Å². The Morgan fingerprint density at radius 2 is 1.85 bits per heavy atom. The van der Waals surface area contributed by atoms with Crippen molar-refractivity contribution in [2.24, 2.45) is 0 Å². The Bertz CT molecular complexity index is 1480. The number of ketones is 1. The summed E-state index contributed by atoms with van der Waals surface area (Å²) < 4.78 is 17.7. The van der Waals surface area contributed by atoms with Crippen LogP contribution in [0.4, 0.5) is 5.69 Å². The average Bonchev–Trinajstić information content (AvgIpc) is 3.50. The Morgan fingerprint density at radius 1 is 1.12 bits per heavy atom. The van der Waals surface area contributed by atoms with Gasteiger partial charge in [0, 0.05) is 26.6 Å². The van der Waals surface area contributed by atoms with Crippen molar-refractivity contribution in [3.05, 3.63) is 92.7 Å². The van der Waals surface area contributed by atoms with Crippen molar-refractivity contribution in [3.63, 3.8) is 0 Å². The van der Waals surface area contributed by atoms with E-state index in [-0.39, 0.29) is 11.3 Å². The molecule has 1 aliphatic rings. The number of hydrogen-bond acceptors (Lipinski definition) is 6. The number of aliphatic hydroxyl groups excluding tert-OH is 1. The molecule has 1 amide bonds. The summed E-state index contributed by atoms with van der Waals surface area (Å²) in [5.74, 6) is -0.831. The second kappa shape index (κ2) is 8.38. The van der Waals surface area contributed by atoms with Crippen LogP contribution in [0.3, 0.4) is 0 Å². The molecule has 4 aromatic rings. The third-order valence-electron chi connectivity index (χ3n) is 5.58. The third-order valence-corrected chi connectivity index (χ3v) is 6.33. The first-order valence-corrected chi connectivity index (χ1v) is 11.4. The molecule has 0 saturated carbocycles. The van der Waals surface area contributed by atoms with E-state index in [2.05, 4.69) is 15.9 Å². The number of nitrogens with zero attached hydrogens (tertiary/aromatic N) is 1. The summed E-state index contributed by atoms with van der Waals surface area (Å²) >= 11 is 9.52. The number of furan rings is 2. The van der Waals surface area contributed by atoms with Gasteiger partial charge >= 0.3 is 0 Å². The molecule has 0 aliphatic carbocycles. The number of fused-ring (bicyclic) bond motifs is 1. The summed E-state index contributed by atoms with van der Waals surface area (Å²) in [5.41, 5.74) is 0.667. The summed E-state index contributed by atoms with van der Waals surface area (Å²) in [4.78, 5) is 28.2. The maximum atomic E-state index is 13.7. The lowest BCUT2D eigenvalue weighted by Crippen LogP contribution is -2.30. The Morgan fingerprint density at radius 3 is 2.50 bits per heavy atom. The van der Waals surface area contributed by atoms with E-state index in [1.807, 2.05) is 0 Å². The molecule has 0 fully saturated rings. The minimum absolute atomic E-state index is 0.0733. The van der Waals surface area contributed by atoms with Gasteiger partial charge in [-0.05, 0) is 55.5 Å². The monoisotopic (exact) mass is 541 g/mol. The van der Waals surface area contributed by atoms with Crippen LogP contribution in [0.5, 0.6) is 5.75 Å². The predicted octanol–water partition coefficient (Wildman–Crippen LogP) is 6.54. The van der Waals surface area contributed by atoms with Crippen LogP contribution in [0.15, 0.2) is 79.2 Å². The number of halogens is 2. The molecule has 1 N–H and O–H groups in total. The molecule has 34 heavy (non-hydrogen) atoms. The van der Waals surface area contributed by atoms with Crippen LogP contribution in [0.1, 0.15) is 28.1 Å². The number of benzene rings is 2. The normalized spacial score (nSPS) is 16.1. The standard InChI is InChI=1S/C25H17BrClNO6/c1-12-3-8-17(33-12)21-20(23(30)25(31)28(21)16-6-4-14(26)5-7-16)22(29)18-10-13-9-15(27)11-19(32-2)24(13)34-18/h3-11,21,30H,1-2H3. The van der Waals surface area contributed by atoms with Crippen molar-refractivity contribution in [2.75, 3.05) is 12.0 Å². The minimum Gasteiger partial charge on any atom is -0.503 e. The van der Waals surface area contributed by atoms with Gasteiger partial charge in [-0.1, -0.05) is 27.5 Å². The fourth-order valence-electron chi connectivity index (χ4n) is 4.06. The van der Waals surface area contributed by atoms with Crippen molar-refractivity contribution in [2.45, 2.75) is 13.0 Å². The zero-order valence-corrected chi connectivity index (χ0v) is 20.3. The number of hydrogen-bond donors (Lipinski definition) is 1. The number of rotatable bonds is 5. The van der Waals surface area contributed by atoms with Gasteiger partial charge in [0.2, 0.25) is 5.78 Å². The summed E-state index contributed by atoms with van der Waals surface area (Å²) in [6.07, 6.45) is 0. The SMILES string of the molecule is COc1cc(Cl)cc2cc(C(=O)C3=C(O)C(=O)N(c4ccc(Br)cc4)C3c3ccc(C)o3)oc12. The van der Waals surface area contributed by atoms with Crippen LogP contribution < -0.4 is 9.64 Å². The molecule has 0 radical (unpaired) electrons. The Balaban J connectivity index is 1.65. The Hall–Kier alpha value is -3.49. The molecule has 2 aromatic heterocycles. The number of methoxy groups -OCH3 is 1. The van der Waals surface area contributed by atoms with Crippen LogP contribution in [0.25, 0.3) is 11.0 Å². The summed E-state index contributed by atoms with van der Waals surface area (Å²) in [6.45, 7) is 1.75. The quantitative estimate of drug-likeness (QED) is 0.288. The van der Waals surface area contributed by atoms with Crippen molar-refractivity contribution in [3.8, 4) is 5.75 Å². The second-order valence-corrected chi connectivity index (χ2v) is 9.08. The van der Waals surface area contributed by atoms with E-state index < -0.39 is 23.5 Å². The smallest absolute Gasteiger partial charge is 0.294 e. The molecule has 9 heteroatoms. The topological polar surface area (TPSA) is 93.1 Å². The van der Waals surface area contributed by atoms with E-state index in [1.165, 1.54) is 18.1 Å². The number of aliphatic hydroxyl groups is 1. The fourth-order valence-corrected chi connectivity index (χ4v) is 4.54. The van der Waals surface area contributed by atoms with Gasteiger partial charge in [-0.15, -0.1) is 0 Å². The summed E-state index contributed by atoms with van der Waals surface area (Å²) in [7, 11) is 1.46. The number of amides is 1. The van der Waals surface area contributed by atoms with Crippen LogP contribution >= 0.6 is 27.5 Å². The molecule has 172 valence electrons. The third kappa shape index (κ3) is 3.59. The molecular weight excluding hydrogens is 526 g/mol. The highest BCUT2D eigenvalue weighted by Gasteiger charge is 2.47. The highest BCUT2D eigenvalue weighted by molar-refractivity contribution is 9.10. The van der Waals surface area contributed by atoms with Crippen LogP contribution in [-0.2, 0) is 4.79 Å². The van der Waals surface area contributed by atoms with Gasteiger partial charge < -0.3 is 18.7 Å². The van der Waals surface area contributed by atoms with Gasteiger partial charge in [-0.25, -0.2) is 0 Å². The van der Waals surface area contributed by atoms with E-state index in [4.69, 9.17) is 25.2 Å². The lowest BCUT2D eigenvalue weighted by molar-refractivity contribution is -0.117. The highest BCUT2D eigenvalue weighted by atomic mass is 79.9. The maximum Gasteiger partial charge on any atom is 0.294 e. The van der Waals surface area contributed by atoms with E-state index >= 15 is 0 Å². The molecule has 7 nitrogen and oxygen atoms in total. The summed E-state index contributed by atoms with van der Waals surface area (Å²) in [6, 6.07) is 14.1. The molecular formula is C25H17BrClNO6. The lowest BCUT2D eigenvalue weighted by Gasteiger charge is -2.24. The Kier molecular flexibility index (Phi) is 5.50. The first kappa shape index (κ1) is 22.3. The molecule has 3 heterocycles. The number of Topliss-reactive ketones (excluding diaryl/α,β-unsaturated/α-hetero) is 1. The maximum absolute atomic E-state index is 13.7. The van der Waals surface area contributed by atoms with Crippen LogP contribution in [0, 0.1) is 6.92 Å². The summed E-state index contributed by atoms with van der Waals surface area (Å²) in [5, 5.41) is 11.8. The number of carbonyl (C=O) groups excluding carboxylic acids is 2. The van der Waals surface area contributed by atoms with E-state index in [0.717, 1.165) is 4.47 Å². The van der Waals surface area contributed by atoms with E-state index in [1.54, 1.807) is 55.5 Å². The Labute approximate surface area is 207 Å². The van der Waals surface area contributed by atoms with Gasteiger partial charge in [0.15, 0.2) is 22.9 Å². The predicted molar refractivity (Wildman–Crippen MR) is 130 cm³/mol. The highest BCUT2D eigenvalue weighted by Crippen LogP contribution is 2.43. The van der Waals surface area contributed by atoms with Crippen molar-refractivity contribution < 1.29 is 28.3 Å². The molecule has 5 rings (SSSR count). The van der Waals surface area contributed by atoms with Crippen LogP contribution in [0.2, 0.25) is 5.02 Å². The minimum atomic E-state index is -0.992. The first-order chi connectivity index (χ1) is 16.3. The van der Waals surface area contributed by atoms with E-state index in [9.17, 15) is 14.7 Å². The fraction of sp³-hybridized carbons (Fsp3) is 0.120. The first-order valence-electron chi connectivity index (χ1n) is 10.2. The van der Waals surface area contributed by atoms with Gasteiger partial charge in [0.05, 0.1) is 12.7 Å². The van der Waals surface area contributed by atoms with Crippen molar-refractivity contribution >= 4 is 55.9 Å². The zero-order valence-electron chi connectivity index (χ0n) is 18.0. The average molecular weight is 543 g/mol. The largest absolute Gasteiger partial charge is 0.503 e. The van der Waals surface area contributed by atoms with Crippen LogP contribution in [-0.4, -0.2) is 23.9 Å². The molecule has 0 saturated heterocycles. The van der Waals surface area contributed by atoms with E-state index in [0.29, 0.717) is 38.9 Å². The molecule has 1 atom stereocenters. The van der Waals surface area contributed by atoms with Crippen molar-refractivity contribution in [1.29, 1.82) is 0 Å². The molecule has 0 bridgehead atoms. The molecule has 0 spiro atoms. The molecule has 1 aliphatic heterocycles. The molecule has 2 aromatic carbocycles. The van der Waals surface area contributed by atoms with Gasteiger partial charge in [-0.3, -0.25) is 14.5 Å². The van der Waals surface area contributed by atoms with Gasteiger partial charge in [0.25, 0.3) is 5.91 Å².